The van der Waals surface area contributed by atoms with Gasteiger partial charge in [0.2, 0.25) is 6.79 Å². The zero-order chi connectivity index (χ0) is 12.5. The van der Waals surface area contributed by atoms with Crippen LogP contribution in [0, 0.1) is 0 Å². The van der Waals surface area contributed by atoms with E-state index in [0.717, 1.165) is 22.8 Å². The Hall–Kier alpha value is -2.15. The molecule has 2 aromatic rings. The Balaban J connectivity index is 1.99. The summed E-state index contributed by atoms with van der Waals surface area (Å²) in [5.41, 5.74) is 7.28. The summed E-state index contributed by atoms with van der Waals surface area (Å²) in [5.74, 6) is 1.46. The van der Waals surface area contributed by atoms with E-state index in [-0.39, 0.29) is 6.79 Å². The number of aromatic nitrogens is 3. The molecule has 0 bridgehead atoms. The van der Waals surface area contributed by atoms with Crippen molar-refractivity contribution in [1.82, 2.24) is 15.0 Å². The van der Waals surface area contributed by atoms with Gasteiger partial charge in [0.25, 0.3) is 0 Å². The Kier molecular flexibility index (Phi) is 2.60. The standard InChI is InChI=1S/C11H10N4O2S/c12-11(18)5-15-8(4-13-14-15)7-1-2-9-10(3-7)17-6-16-9/h1-4H,5-6H2,(H2,12,18). The molecule has 0 saturated heterocycles. The van der Waals surface area contributed by atoms with Gasteiger partial charge < -0.3 is 15.2 Å². The summed E-state index contributed by atoms with van der Waals surface area (Å²) in [7, 11) is 0. The summed E-state index contributed by atoms with van der Waals surface area (Å²) in [4.78, 5) is 0.363. The van der Waals surface area contributed by atoms with E-state index in [4.69, 9.17) is 27.4 Å². The second-order valence-corrected chi connectivity index (χ2v) is 4.34. The monoisotopic (exact) mass is 262 g/mol. The lowest BCUT2D eigenvalue weighted by atomic mass is 10.1. The van der Waals surface area contributed by atoms with Gasteiger partial charge in [-0.25, -0.2) is 4.68 Å². The summed E-state index contributed by atoms with van der Waals surface area (Å²) in [6.07, 6.45) is 1.66. The largest absolute Gasteiger partial charge is 0.454 e. The number of benzene rings is 1. The number of hydrogen-bond acceptors (Lipinski definition) is 5. The molecule has 0 atom stereocenters. The van der Waals surface area contributed by atoms with Crippen LogP contribution in [-0.4, -0.2) is 26.8 Å². The lowest BCUT2D eigenvalue weighted by Gasteiger charge is -2.05. The SMILES string of the molecule is NC(=S)Cn1nncc1-c1ccc2c(c1)OCO2. The van der Waals surface area contributed by atoms with Gasteiger partial charge in [0.05, 0.1) is 23.4 Å². The van der Waals surface area contributed by atoms with Gasteiger partial charge in [-0.3, -0.25) is 0 Å². The molecule has 0 spiro atoms. The molecule has 3 rings (SSSR count). The van der Waals surface area contributed by atoms with Crippen molar-refractivity contribution in [3.63, 3.8) is 0 Å². The smallest absolute Gasteiger partial charge is 0.231 e. The van der Waals surface area contributed by atoms with Crippen molar-refractivity contribution < 1.29 is 9.47 Å². The number of nitrogens with zero attached hydrogens (tertiary/aromatic N) is 3. The highest BCUT2D eigenvalue weighted by molar-refractivity contribution is 7.80. The van der Waals surface area contributed by atoms with Crippen LogP contribution in [0.5, 0.6) is 11.5 Å². The molecule has 1 aromatic heterocycles. The van der Waals surface area contributed by atoms with Gasteiger partial charge in [-0.1, -0.05) is 17.4 Å². The number of hydrogen-bond donors (Lipinski definition) is 1. The van der Waals surface area contributed by atoms with Crippen LogP contribution in [0.2, 0.25) is 0 Å². The maximum absolute atomic E-state index is 5.52. The number of rotatable bonds is 3. The third-order valence-corrected chi connectivity index (χ3v) is 2.72. The van der Waals surface area contributed by atoms with E-state index in [1.807, 2.05) is 18.2 Å². The second-order valence-electron chi connectivity index (χ2n) is 3.81. The van der Waals surface area contributed by atoms with E-state index in [2.05, 4.69) is 10.3 Å². The minimum atomic E-state index is 0.253. The Labute approximate surface area is 108 Å². The van der Waals surface area contributed by atoms with Gasteiger partial charge in [0.15, 0.2) is 11.5 Å². The number of fused-ring (bicyclic) bond motifs is 1. The van der Waals surface area contributed by atoms with Gasteiger partial charge >= 0.3 is 0 Å². The van der Waals surface area contributed by atoms with Gasteiger partial charge in [-0.05, 0) is 18.2 Å². The van der Waals surface area contributed by atoms with Crippen molar-refractivity contribution in [2.75, 3.05) is 6.79 Å². The fourth-order valence-electron chi connectivity index (χ4n) is 1.80. The van der Waals surface area contributed by atoms with E-state index in [9.17, 15) is 0 Å². The molecule has 6 nitrogen and oxygen atoms in total. The average molecular weight is 262 g/mol. The molecule has 0 aliphatic carbocycles. The molecule has 2 N–H and O–H groups in total. The molecule has 18 heavy (non-hydrogen) atoms. The highest BCUT2D eigenvalue weighted by atomic mass is 32.1. The van der Waals surface area contributed by atoms with Gasteiger partial charge in [0, 0.05) is 5.56 Å². The van der Waals surface area contributed by atoms with Crippen molar-refractivity contribution in [2.24, 2.45) is 5.73 Å². The fourth-order valence-corrected chi connectivity index (χ4v) is 1.92. The Morgan fingerprint density at radius 2 is 2.22 bits per heavy atom. The van der Waals surface area contributed by atoms with Crippen LogP contribution in [-0.2, 0) is 6.54 Å². The van der Waals surface area contributed by atoms with Crippen molar-refractivity contribution >= 4 is 17.2 Å². The minimum Gasteiger partial charge on any atom is -0.454 e. The zero-order valence-electron chi connectivity index (χ0n) is 9.37. The Bertz CT molecular complexity index is 611. The van der Waals surface area contributed by atoms with Crippen molar-refractivity contribution in [3.05, 3.63) is 24.4 Å². The molecule has 7 heteroatoms. The Morgan fingerprint density at radius 1 is 1.39 bits per heavy atom. The first kappa shape index (κ1) is 11.0. The first-order valence-electron chi connectivity index (χ1n) is 5.31. The van der Waals surface area contributed by atoms with Crippen molar-refractivity contribution in [3.8, 4) is 22.8 Å². The lowest BCUT2D eigenvalue weighted by Crippen LogP contribution is -2.18. The highest BCUT2D eigenvalue weighted by Gasteiger charge is 2.15. The maximum Gasteiger partial charge on any atom is 0.231 e. The first-order chi connectivity index (χ1) is 8.74. The third-order valence-electron chi connectivity index (χ3n) is 2.59. The van der Waals surface area contributed by atoms with E-state index >= 15 is 0 Å². The summed E-state index contributed by atoms with van der Waals surface area (Å²) < 4.78 is 12.3. The summed E-state index contributed by atoms with van der Waals surface area (Å²) in [6, 6.07) is 5.66. The fraction of sp³-hybridized carbons (Fsp3) is 0.182. The van der Waals surface area contributed by atoms with Crippen molar-refractivity contribution in [1.29, 1.82) is 0 Å². The highest BCUT2D eigenvalue weighted by Crippen LogP contribution is 2.35. The van der Waals surface area contributed by atoms with Crippen LogP contribution in [0.15, 0.2) is 24.4 Å². The summed E-state index contributed by atoms with van der Waals surface area (Å²) in [5, 5.41) is 7.82. The van der Waals surface area contributed by atoms with E-state index in [0.29, 0.717) is 11.5 Å². The molecule has 1 aromatic carbocycles. The molecule has 0 saturated carbocycles. The second kappa shape index (κ2) is 4.26. The molecule has 0 amide bonds. The third kappa shape index (κ3) is 1.88. The topological polar surface area (TPSA) is 75.2 Å². The minimum absolute atomic E-state index is 0.253. The maximum atomic E-state index is 5.52. The Morgan fingerprint density at radius 3 is 3.06 bits per heavy atom. The van der Waals surface area contributed by atoms with Crippen LogP contribution >= 0.6 is 12.2 Å². The molecule has 92 valence electrons. The summed E-state index contributed by atoms with van der Waals surface area (Å²) in [6.45, 7) is 0.613. The number of nitrogens with two attached hydrogens (primary N) is 1. The van der Waals surface area contributed by atoms with Crippen LogP contribution in [0.25, 0.3) is 11.3 Å². The molecule has 0 unspecified atom stereocenters. The normalized spacial score (nSPS) is 12.7. The van der Waals surface area contributed by atoms with Crippen LogP contribution < -0.4 is 15.2 Å². The molecule has 1 aliphatic heterocycles. The van der Waals surface area contributed by atoms with Gasteiger partial charge in [-0.15, -0.1) is 5.10 Å². The lowest BCUT2D eigenvalue weighted by molar-refractivity contribution is 0.174. The number of ether oxygens (including phenoxy) is 2. The first-order valence-corrected chi connectivity index (χ1v) is 5.71. The molecule has 0 fully saturated rings. The van der Waals surface area contributed by atoms with E-state index in [1.165, 1.54) is 0 Å². The van der Waals surface area contributed by atoms with Crippen LogP contribution in [0.1, 0.15) is 0 Å². The van der Waals surface area contributed by atoms with E-state index < -0.39 is 0 Å². The molecular weight excluding hydrogens is 252 g/mol. The van der Waals surface area contributed by atoms with Gasteiger partial charge in [0.1, 0.15) is 0 Å². The van der Waals surface area contributed by atoms with Crippen molar-refractivity contribution in [2.45, 2.75) is 6.54 Å². The number of thiocarbonyl (C=S) groups is 1. The predicted octanol–water partition coefficient (Wildman–Crippen LogP) is 0.960. The van der Waals surface area contributed by atoms with Gasteiger partial charge in [-0.2, -0.15) is 0 Å². The quantitative estimate of drug-likeness (QED) is 0.830. The van der Waals surface area contributed by atoms with E-state index in [1.54, 1.807) is 10.9 Å². The van der Waals surface area contributed by atoms with Crippen LogP contribution in [0.4, 0.5) is 0 Å². The average Bonchev–Trinajstić information content (AvgIpc) is 2.95. The molecule has 0 radical (unpaired) electrons. The molecule has 2 heterocycles. The zero-order valence-corrected chi connectivity index (χ0v) is 10.2. The molecular formula is C11H10N4O2S. The summed E-state index contributed by atoms with van der Waals surface area (Å²) >= 11 is 4.88. The predicted molar refractivity (Wildman–Crippen MR) is 68.4 cm³/mol. The van der Waals surface area contributed by atoms with Crippen LogP contribution in [0.3, 0.4) is 0 Å². The molecule has 1 aliphatic rings.